The lowest BCUT2D eigenvalue weighted by atomic mass is 10.1. The number of nitrogens with one attached hydrogen (secondary N) is 2. The lowest BCUT2D eigenvalue weighted by Crippen LogP contribution is -2.38. The number of nitrogens with zero attached hydrogens (tertiary/aromatic N) is 3. The van der Waals surface area contributed by atoms with Gasteiger partial charge in [-0.15, -0.1) is 24.0 Å². The van der Waals surface area contributed by atoms with Gasteiger partial charge in [0, 0.05) is 38.9 Å². The molecule has 0 saturated heterocycles. The molecule has 6 nitrogen and oxygen atoms in total. The quantitative estimate of drug-likeness (QED) is 0.302. The zero-order valence-corrected chi connectivity index (χ0v) is 20.9. The van der Waals surface area contributed by atoms with Crippen molar-refractivity contribution < 1.29 is 4.74 Å². The second-order valence-electron chi connectivity index (χ2n) is 7.79. The van der Waals surface area contributed by atoms with Crippen LogP contribution < -0.4 is 15.4 Å². The molecule has 2 N–H and O–H groups in total. The number of hydrogen-bond donors (Lipinski definition) is 2. The molecule has 1 aromatic carbocycles. The molecule has 1 aromatic heterocycles. The minimum Gasteiger partial charge on any atom is -0.490 e. The summed E-state index contributed by atoms with van der Waals surface area (Å²) in [6.45, 7) is 10.1. The summed E-state index contributed by atoms with van der Waals surface area (Å²) in [4.78, 5) is 4.32. The van der Waals surface area contributed by atoms with E-state index < -0.39 is 0 Å². The predicted octanol–water partition coefficient (Wildman–Crippen LogP) is 4.07. The van der Waals surface area contributed by atoms with E-state index in [9.17, 15) is 0 Å². The molecule has 0 spiro atoms. The van der Waals surface area contributed by atoms with E-state index >= 15 is 0 Å². The minimum atomic E-state index is 0. The minimum absolute atomic E-state index is 0. The zero-order valence-electron chi connectivity index (χ0n) is 18.5. The molecule has 7 heteroatoms. The normalized spacial score (nSPS) is 12.4. The lowest BCUT2D eigenvalue weighted by Gasteiger charge is -2.20. The molecule has 1 unspecified atom stereocenters. The van der Waals surface area contributed by atoms with Gasteiger partial charge in [0.2, 0.25) is 0 Å². The number of aliphatic imine (C=N–C) groups is 1. The summed E-state index contributed by atoms with van der Waals surface area (Å²) < 4.78 is 8.06. The lowest BCUT2D eigenvalue weighted by molar-refractivity contribution is 0.191. The van der Waals surface area contributed by atoms with Gasteiger partial charge in [-0.25, -0.2) is 0 Å². The second kappa shape index (κ2) is 12.7. The Morgan fingerprint density at radius 2 is 2.00 bits per heavy atom. The van der Waals surface area contributed by atoms with E-state index in [1.165, 1.54) is 11.1 Å². The number of aromatic nitrogens is 2. The topological polar surface area (TPSA) is 63.5 Å². The summed E-state index contributed by atoms with van der Waals surface area (Å²) in [5.41, 5.74) is 3.55. The summed E-state index contributed by atoms with van der Waals surface area (Å²) >= 11 is 0. The number of ether oxygens (including phenoxy) is 1. The molecule has 0 bridgehead atoms. The molecule has 2 rings (SSSR count). The Bertz CT molecular complexity index is 772. The first-order valence-corrected chi connectivity index (χ1v) is 10.1. The molecule has 0 fully saturated rings. The van der Waals surface area contributed by atoms with Gasteiger partial charge in [0.25, 0.3) is 0 Å². The number of hydrogen-bond acceptors (Lipinski definition) is 3. The van der Waals surface area contributed by atoms with E-state index in [1.54, 1.807) is 7.05 Å². The van der Waals surface area contributed by atoms with Crippen LogP contribution in [0.5, 0.6) is 5.75 Å². The maximum atomic E-state index is 6.23. The van der Waals surface area contributed by atoms with Gasteiger partial charge in [-0.3, -0.25) is 9.67 Å². The van der Waals surface area contributed by atoms with Crippen molar-refractivity contribution in [2.45, 2.75) is 53.2 Å². The van der Waals surface area contributed by atoms with E-state index in [1.807, 2.05) is 24.1 Å². The number of benzene rings is 1. The van der Waals surface area contributed by atoms with Crippen LogP contribution in [0.3, 0.4) is 0 Å². The number of aryl methyl sites for hydroxylation is 2. The molecule has 29 heavy (non-hydrogen) atoms. The fourth-order valence-corrected chi connectivity index (χ4v) is 3.17. The third-order valence-electron chi connectivity index (χ3n) is 4.49. The highest BCUT2D eigenvalue weighted by molar-refractivity contribution is 14.0. The summed E-state index contributed by atoms with van der Waals surface area (Å²) in [7, 11) is 3.72. The highest BCUT2D eigenvalue weighted by atomic mass is 127. The first kappa shape index (κ1) is 25.3. The van der Waals surface area contributed by atoms with Crippen LogP contribution in [0.15, 0.2) is 35.6 Å². The first-order chi connectivity index (χ1) is 13.4. The zero-order chi connectivity index (χ0) is 20.5. The van der Waals surface area contributed by atoms with Crippen LogP contribution in [0.1, 0.15) is 43.9 Å². The second-order valence-corrected chi connectivity index (χ2v) is 7.79. The maximum Gasteiger partial charge on any atom is 0.191 e. The van der Waals surface area contributed by atoms with Crippen LogP contribution in [0.4, 0.5) is 0 Å². The van der Waals surface area contributed by atoms with E-state index in [2.05, 4.69) is 66.6 Å². The van der Waals surface area contributed by atoms with E-state index in [0.717, 1.165) is 36.7 Å². The molecule has 0 radical (unpaired) electrons. The predicted molar refractivity (Wildman–Crippen MR) is 131 cm³/mol. The smallest absolute Gasteiger partial charge is 0.191 e. The standard InChI is InChI=1S/C22H35N5O.HI/c1-16(2)11-18(4)28-21-12-17(3)7-8-20(21)14-25-22(23-5)24-10-9-19-13-26-27(6)15-19;/h7-8,12-13,15-16,18H,9-11,14H2,1-6H3,(H2,23,24,25);1H. The fourth-order valence-electron chi connectivity index (χ4n) is 3.17. The molecule has 162 valence electrons. The molecular weight excluding hydrogens is 477 g/mol. The van der Waals surface area contributed by atoms with Crippen LogP contribution >= 0.6 is 24.0 Å². The average molecular weight is 513 g/mol. The van der Waals surface area contributed by atoms with Crippen molar-refractivity contribution in [1.29, 1.82) is 0 Å². The molecule has 0 amide bonds. The number of rotatable bonds is 9. The molecule has 1 atom stereocenters. The monoisotopic (exact) mass is 513 g/mol. The van der Waals surface area contributed by atoms with Crippen LogP contribution in [0, 0.1) is 12.8 Å². The summed E-state index contributed by atoms with van der Waals surface area (Å²) in [6, 6.07) is 6.37. The Kier molecular flexibility index (Phi) is 11.1. The van der Waals surface area contributed by atoms with E-state index in [-0.39, 0.29) is 30.1 Å². The SMILES string of the molecule is CN=C(NCCc1cnn(C)c1)NCc1ccc(C)cc1OC(C)CC(C)C.I. The third kappa shape index (κ3) is 9.06. The summed E-state index contributed by atoms with van der Waals surface area (Å²) in [5.74, 6) is 2.35. The van der Waals surface area contributed by atoms with Crippen molar-refractivity contribution in [2.75, 3.05) is 13.6 Å². The van der Waals surface area contributed by atoms with Crippen LogP contribution in [-0.2, 0) is 20.0 Å². The van der Waals surface area contributed by atoms with Crippen molar-refractivity contribution in [3.05, 3.63) is 47.3 Å². The highest BCUT2D eigenvalue weighted by Crippen LogP contribution is 2.23. The average Bonchev–Trinajstić information content (AvgIpc) is 3.03. The Morgan fingerprint density at radius 1 is 1.24 bits per heavy atom. The van der Waals surface area contributed by atoms with Crippen molar-refractivity contribution in [1.82, 2.24) is 20.4 Å². The van der Waals surface area contributed by atoms with Gasteiger partial charge in [-0.2, -0.15) is 5.10 Å². The molecule has 2 aromatic rings. The van der Waals surface area contributed by atoms with Gasteiger partial charge in [0.05, 0.1) is 12.3 Å². The Balaban J connectivity index is 0.00000420. The molecule has 0 saturated carbocycles. The van der Waals surface area contributed by atoms with Gasteiger partial charge < -0.3 is 15.4 Å². The number of guanidine groups is 1. The Morgan fingerprint density at radius 3 is 2.62 bits per heavy atom. The largest absolute Gasteiger partial charge is 0.490 e. The van der Waals surface area contributed by atoms with Crippen LogP contribution in [0.25, 0.3) is 0 Å². The van der Waals surface area contributed by atoms with Gasteiger partial charge in [0.15, 0.2) is 5.96 Å². The molecule has 0 aliphatic rings. The third-order valence-corrected chi connectivity index (χ3v) is 4.49. The van der Waals surface area contributed by atoms with Crippen LogP contribution in [0.2, 0.25) is 0 Å². The van der Waals surface area contributed by atoms with Crippen molar-refractivity contribution >= 4 is 29.9 Å². The van der Waals surface area contributed by atoms with Gasteiger partial charge >= 0.3 is 0 Å². The fraction of sp³-hybridized carbons (Fsp3) is 0.545. The number of halogens is 1. The summed E-state index contributed by atoms with van der Waals surface area (Å²) in [5, 5.41) is 10.9. The van der Waals surface area contributed by atoms with Crippen molar-refractivity contribution in [3.8, 4) is 5.75 Å². The van der Waals surface area contributed by atoms with Crippen LogP contribution in [-0.4, -0.2) is 35.4 Å². The molecule has 0 aliphatic heterocycles. The van der Waals surface area contributed by atoms with Crippen molar-refractivity contribution in [3.63, 3.8) is 0 Å². The van der Waals surface area contributed by atoms with E-state index in [4.69, 9.17) is 4.74 Å². The van der Waals surface area contributed by atoms with E-state index in [0.29, 0.717) is 12.5 Å². The maximum absolute atomic E-state index is 6.23. The molecular formula is C22H36IN5O. The highest BCUT2D eigenvalue weighted by Gasteiger charge is 2.11. The first-order valence-electron chi connectivity index (χ1n) is 10.1. The Labute approximate surface area is 192 Å². The molecule has 1 heterocycles. The molecule has 0 aliphatic carbocycles. The van der Waals surface area contributed by atoms with Gasteiger partial charge in [-0.1, -0.05) is 26.0 Å². The van der Waals surface area contributed by atoms with Gasteiger partial charge in [0.1, 0.15) is 5.75 Å². The Hall–Kier alpha value is -1.77. The van der Waals surface area contributed by atoms with Crippen molar-refractivity contribution in [2.24, 2.45) is 18.0 Å². The van der Waals surface area contributed by atoms with Gasteiger partial charge in [-0.05, 0) is 49.8 Å². The summed E-state index contributed by atoms with van der Waals surface area (Å²) in [6.07, 6.45) is 6.06.